The minimum absolute atomic E-state index is 0.495. The smallest absolute Gasteiger partial charge is 0.211 e. The number of hydrogen-bond donors (Lipinski definition) is 0. The van der Waals surface area contributed by atoms with Crippen molar-refractivity contribution in [3.8, 4) is 0 Å². The van der Waals surface area contributed by atoms with Crippen molar-refractivity contribution < 1.29 is 8.42 Å². The molecule has 0 aliphatic carbocycles. The average molecular weight is 253 g/mol. The van der Waals surface area contributed by atoms with Gasteiger partial charge < -0.3 is 0 Å². The van der Waals surface area contributed by atoms with Crippen LogP contribution in [0.2, 0.25) is 0 Å². The first-order valence-corrected chi connectivity index (χ1v) is 7.80. The van der Waals surface area contributed by atoms with Crippen LogP contribution < -0.4 is 0 Å². The van der Waals surface area contributed by atoms with E-state index < -0.39 is 10.0 Å². The second-order valence-corrected chi connectivity index (χ2v) is 6.97. The summed E-state index contributed by atoms with van der Waals surface area (Å²) < 4.78 is 24.6. The summed E-state index contributed by atoms with van der Waals surface area (Å²) in [4.78, 5) is 0. The number of hydrogen-bond acceptors (Lipinski definition) is 2. The monoisotopic (exact) mass is 253 g/mol. The fraction of sp³-hybridized carbons (Fsp3) is 0.538. The third-order valence-corrected chi connectivity index (χ3v) is 4.61. The minimum atomic E-state index is -3.07. The lowest BCUT2D eigenvalue weighted by molar-refractivity contribution is 0.393. The van der Waals surface area contributed by atoms with Gasteiger partial charge in [0.1, 0.15) is 0 Å². The van der Waals surface area contributed by atoms with Crippen molar-refractivity contribution in [2.75, 3.05) is 12.8 Å². The summed E-state index contributed by atoms with van der Waals surface area (Å²) >= 11 is 0. The van der Waals surface area contributed by atoms with E-state index in [9.17, 15) is 8.42 Å². The van der Waals surface area contributed by atoms with Gasteiger partial charge in [0.15, 0.2) is 0 Å². The van der Waals surface area contributed by atoms with Gasteiger partial charge in [-0.05, 0) is 29.0 Å². The standard InChI is InChI=1S/C13H19NO2S/c1-10(2)12-6-4-5-11-9-14(17(3,15)16)8-7-13(11)12/h4-6,10H,7-9H2,1-3H3. The molecule has 0 saturated heterocycles. The van der Waals surface area contributed by atoms with Crippen LogP contribution in [0.15, 0.2) is 18.2 Å². The van der Waals surface area contributed by atoms with Crippen LogP contribution in [0.3, 0.4) is 0 Å². The van der Waals surface area contributed by atoms with Gasteiger partial charge in [-0.25, -0.2) is 8.42 Å². The summed E-state index contributed by atoms with van der Waals surface area (Å²) in [6.45, 7) is 5.49. The maximum Gasteiger partial charge on any atom is 0.211 e. The molecular weight excluding hydrogens is 234 g/mol. The molecule has 1 heterocycles. The van der Waals surface area contributed by atoms with Gasteiger partial charge in [0.05, 0.1) is 6.26 Å². The van der Waals surface area contributed by atoms with Crippen molar-refractivity contribution >= 4 is 10.0 Å². The predicted molar refractivity (Wildman–Crippen MR) is 69.5 cm³/mol. The summed E-state index contributed by atoms with van der Waals surface area (Å²) in [6, 6.07) is 6.22. The molecular formula is C13H19NO2S. The minimum Gasteiger partial charge on any atom is -0.212 e. The maximum absolute atomic E-state index is 11.5. The average Bonchev–Trinajstić information content (AvgIpc) is 2.26. The third kappa shape index (κ3) is 2.53. The van der Waals surface area contributed by atoms with Crippen LogP contribution in [0.5, 0.6) is 0 Å². The highest BCUT2D eigenvalue weighted by molar-refractivity contribution is 7.88. The molecule has 0 radical (unpaired) electrons. The highest BCUT2D eigenvalue weighted by Gasteiger charge is 2.24. The number of fused-ring (bicyclic) bond motifs is 1. The van der Waals surface area contributed by atoms with Crippen LogP contribution in [0.25, 0.3) is 0 Å². The number of nitrogens with zero attached hydrogens (tertiary/aromatic N) is 1. The summed E-state index contributed by atoms with van der Waals surface area (Å²) in [5.74, 6) is 0.495. The molecule has 0 bridgehead atoms. The Morgan fingerprint density at radius 2 is 2.00 bits per heavy atom. The topological polar surface area (TPSA) is 37.4 Å². The van der Waals surface area contributed by atoms with E-state index in [-0.39, 0.29) is 0 Å². The molecule has 1 aromatic rings. The molecule has 17 heavy (non-hydrogen) atoms. The molecule has 94 valence electrons. The van der Waals surface area contributed by atoms with Crippen LogP contribution >= 0.6 is 0 Å². The van der Waals surface area contributed by atoms with Crippen molar-refractivity contribution in [1.29, 1.82) is 0 Å². The molecule has 0 saturated carbocycles. The van der Waals surface area contributed by atoms with Crippen LogP contribution in [0.1, 0.15) is 36.5 Å². The van der Waals surface area contributed by atoms with Crippen molar-refractivity contribution in [3.63, 3.8) is 0 Å². The number of benzene rings is 1. The van der Waals surface area contributed by atoms with E-state index in [0.29, 0.717) is 19.0 Å². The van der Waals surface area contributed by atoms with Crippen LogP contribution in [-0.2, 0) is 23.0 Å². The highest BCUT2D eigenvalue weighted by Crippen LogP contribution is 2.28. The van der Waals surface area contributed by atoms with Crippen molar-refractivity contribution in [3.05, 3.63) is 34.9 Å². The van der Waals surface area contributed by atoms with Gasteiger partial charge in [0, 0.05) is 13.1 Å². The maximum atomic E-state index is 11.5. The van der Waals surface area contributed by atoms with Crippen molar-refractivity contribution in [2.45, 2.75) is 32.7 Å². The zero-order valence-electron chi connectivity index (χ0n) is 10.6. The molecule has 0 aromatic heterocycles. The second-order valence-electron chi connectivity index (χ2n) is 4.99. The van der Waals surface area contributed by atoms with E-state index in [2.05, 4.69) is 19.9 Å². The molecule has 0 unspecified atom stereocenters. The van der Waals surface area contributed by atoms with E-state index in [1.165, 1.54) is 17.4 Å². The van der Waals surface area contributed by atoms with Crippen molar-refractivity contribution in [2.24, 2.45) is 0 Å². The molecule has 1 aromatic carbocycles. The zero-order valence-corrected chi connectivity index (χ0v) is 11.4. The van der Waals surface area contributed by atoms with Gasteiger partial charge in [-0.2, -0.15) is 4.31 Å². The predicted octanol–water partition coefficient (Wildman–Crippen LogP) is 2.13. The van der Waals surface area contributed by atoms with Gasteiger partial charge in [0.2, 0.25) is 10.0 Å². The van der Waals surface area contributed by atoms with E-state index in [1.54, 1.807) is 4.31 Å². The summed E-state index contributed by atoms with van der Waals surface area (Å²) in [6.07, 6.45) is 2.11. The number of rotatable bonds is 2. The lowest BCUT2D eigenvalue weighted by atomic mass is 9.90. The zero-order chi connectivity index (χ0) is 12.6. The summed E-state index contributed by atoms with van der Waals surface area (Å²) in [5.41, 5.74) is 3.87. The summed E-state index contributed by atoms with van der Waals surface area (Å²) in [5, 5.41) is 0. The van der Waals surface area contributed by atoms with Gasteiger partial charge in [-0.15, -0.1) is 0 Å². The number of sulfonamides is 1. The Hall–Kier alpha value is -0.870. The second kappa shape index (κ2) is 4.42. The Kier molecular flexibility index (Phi) is 3.27. The van der Waals surface area contributed by atoms with E-state index >= 15 is 0 Å². The van der Waals surface area contributed by atoms with Crippen LogP contribution in [0, 0.1) is 0 Å². The van der Waals surface area contributed by atoms with Gasteiger partial charge in [0.25, 0.3) is 0 Å². The van der Waals surface area contributed by atoms with Crippen LogP contribution in [0.4, 0.5) is 0 Å². The third-order valence-electron chi connectivity index (χ3n) is 3.36. The fourth-order valence-electron chi connectivity index (χ4n) is 2.44. The van der Waals surface area contributed by atoms with Gasteiger partial charge >= 0.3 is 0 Å². The Balaban J connectivity index is 2.38. The molecule has 0 fully saturated rings. The normalized spacial score (nSPS) is 17.2. The van der Waals surface area contributed by atoms with Gasteiger partial charge in [-0.3, -0.25) is 0 Å². The largest absolute Gasteiger partial charge is 0.212 e. The van der Waals surface area contributed by atoms with Crippen molar-refractivity contribution in [1.82, 2.24) is 4.31 Å². The first kappa shape index (κ1) is 12.6. The van der Waals surface area contributed by atoms with E-state index in [4.69, 9.17) is 0 Å². The Morgan fingerprint density at radius 3 is 2.59 bits per heavy atom. The molecule has 2 rings (SSSR count). The quantitative estimate of drug-likeness (QED) is 0.809. The molecule has 3 nitrogen and oxygen atoms in total. The molecule has 1 aliphatic heterocycles. The van der Waals surface area contributed by atoms with E-state index in [1.807, 2.05) is 12.1 Å². The summed E-state index contributed by atoms with van der Waals surface area (Å²) in [7, 11) is -3.07. The molecule has 4 heteroatoms. The lowest BCUT2D eigenvalue weighted by Gasteiger charge is -2.29. The van der Waals surface area contributed by atoms with E-state index in [0.717, 1.165) is 12.0 Å². The molecule has 0 N–H and O–H groups in total. The van der Waals surface area contributed by atoms with Gasteiger partial charge in [-0.1, -0.05) is 32.0 Å². The molecule has 0 atom stereocenters. The lowest BCUT2D eigenvalue weighted by Crippen LogP contribution is -2.35. The molecule has 0 spiro atoms. The van der Waals surface area contributed by atoms with Crippen LogP contribution in [-0.4, -0.2) is 25.5 Å². The Labute approximate surface area is 104 Å². The Morgan fingerprint density at radius 1 is 1.29 bits per heavy atom. The highest BCUT2D eigenvalue weighted by atomic mass is 32.2. The first-order valence-electron chi connectivity index (χ1n) is 5.95. The fourth-order valence-corrected chi connectivity index (χ4v) is 3.23. The Bertz CT molecular complexity index is 520. The molecule has 0 amide bonds. The SMILES string of the molecule is CC(C)c1cccc2c1CCN(S(C)(=O)=O)C2. The first-order chi connectivity index (χ1) is 7.89. The molecule has 1 aliphatic rings.